The first-order valence-electron chi connectivity index (χ1n) is 4.42. The lowest BCUT2D eigenvalue weighted by Crippen LogP contribution is -1.85. The first kappa shape index (κ1) is 9.99. The number of alkyl halides is 1. The van der Waals surface area contributed by atoms with E-state index < -0.39 is 0 Å². The summed E-state index contributed by atoms with van der Waals surface area (Å²) < 4.78 is 5.29. The Morgan fingerprint density at radius 3 is 2.64 bits per heavy atom. The zero-order valence-electron chi connectivity index (χ0n) is 8.08. The Balaban J connectivity index is 2.28. The molecule has 1 atom stereocenters. The van der Waals surface area contributed by atoms with Gasteiger partial charge >= 0.3 is 0 Å². The number of halogens is 1. The summed E-state index contributed by atoms with van der Waals surface area (Å²) in [5.74, 6) is 0.956. The Hall–Kier alpha value is -0.540. The summed E-state index contributed by atoms with van der Waals surface area (Å²) in [6.45, 7) is 4.08. The number of furan rings is 1. The first-order chi connectivity index (χ1) is 6.66. The molecule has 0 N–H and O–H groups in total. The van der Waals surface area contributed by atoms with Crippen LogP contribution in [0.3, 0.4) is 0 Å². The molecule has 14 heavy (non-hydrogen) atoms. The quantitative estimate of drug-likeness (QED) is 0.736. The van der Waals surface area contributed by atoms with Crippen LogP contribution in [0.5, 0.6) is 0 Å². The molecule has 0 radical (unpaired) electrons. The van der Waals surface area contributed by atoms with E-state index in [-0.39, 0.29) is 4.83 Å². The van der Waals surface area contributed by atoms with E-state index in [2.05, 4.69) is 41.1 Å². The van der Waals surface area contributed by atoms with Gasteiger partial charge in [-0.25, -0.2) is 0 Å². The maximum Gasteiger partial charge on any atom is 0.101 e. The minimum absolute atomic E-state index is 0.263. The summed E-state index contributed by atoms with van der Waals surface area (Å²) in [5, 5.41) is 0. The molecular weight excluding hydrogens is 260 g/mol. The molecule has 0 fully saturated rings. The van der Waals surface area contributed by atoms with Crippen LogP contribution in [0.2, 0.25) is 0 Å². The largest absolute Gasteiger partial charge is 0.469 e. The van der Waals surface area contributed by atoms with Gasteiger partial charge in [-0.05, 0) is 32.0 Å². The van der Waals surface area contributed by atoms with Crippen LogP contribution in [0.4, 0.5) is 0 Å². The third-order valence-corrected chi connectivity index (χ3v) is 4.44. The van der Waals surface area contributed by atoms with E-state index in [9.17, 15) is 0 Å². The number of hydrogen-bond acceptors (Lipinski definition) is 2. The van der Waals surface area contributed by atoms with Gasteiger partial charge in [0.2, 0.25) is 0 Å². The molecule has 0 saturated heterocycles. The molecule has 74 valence electrons. The fourth-order valence-electron chi connectivity index (χ4n) is 1.35. The highest BCUT2D eigenvalue weighted by molar-refractivity contribution is 9.09. The summed E-state index contributed by atoms with van der Waals surface area (Å²) in [7, 11) is 0. The molecule has 0 amide bonds. The maximum absolute atomic E-state index is 5.29. The normalized spacial score (nSPS) is 13.1. The molecule has 2 heterocycles. The topological polar surface area (TPSA) is 13.1 Å². The van der Waals surface area contributed by atoms with E-state index in [1.165, 1.54) is 15.3 Å². The van der Waals surface area contributed by atoms with Crippen molar-refractivity contribution < 1.29 is 4.42 Å². The molecule has 1 nitrogen and oxygen atoms in total. The zero-order valence-corrected chi connectivity index (χ0v) is 10.5. The second-order valence-electron chi connectivity index (χ2n) is 3.30. The molecule has 0 saturated carbocycles. The van der Waals surface area contributed by atoms with E-state index in [4.69, 9.17) is 4.42 Å². The van der Waals surface area contributed by atoms with E-state index in [0.717, 1.165) is 5.76 Å². The van der Waals surface area contributed by atoms with Gasteiger partial charge in [-0.15, -0.1) is 11.3 Å². The fourth-order valence-corrected chi connectivity index (χ4v) is 2.91. The molecule has 2 aromatic heterocycles. The molecule has 0 aliphatic carbocycles. The van der Waals surface area contributed by atoms with E-state index in [1.807, 2.05) is 24.5 Å². The van der Waals surface area contributed by atoms with Crippen molar-refractivity contribution in [2.75, 3.05) is 0 Å². The van der Waals surface area contributed by atoms with Crippen molar-refractivity contribution in [2.45, 2.75) is 18.7 Å². The minimum Gasteiger partial charge on any atom is -0.469 e. The predicted molar refractivity (Wildman–Crippen MR) is 63.3 cm³/mol. The lowest BCUT2D eigenvalue weighted by molar-refractivity contribution is 0.532. The van der Waals surface area contributed by atoms with Crippen molar-refractivity contribution in [3.63, 3.8) is 0 Å². The van der Waals surface area contributed by atoms with Gasteiger partial charge in [-0.2, -0.15) is 0 Å². The fraction of sp³-hybridized carbons (Fsp3) is 0.273. The van der Waals surface area contributed by atoms with E-state index >= 15 is 0 Å². The van der Waals surface area contributed by atoms with Crippen LogP contribution in [0, 0.1) is 13.8 Å². The van der Waals surface area contributed by atoms with Crippen LogP contribution in [-0.2, 0) is 0 Å². The second kappa shape index (κ2) is 3.91. The summed E-state index contributed by atoms with van der Waals surface area (Å²) in [4.78, 5) is 2.92. The van der Waals surface area contributed by atoms with Gasteiger partial charge in [0.25, 0.3) is 0 Å². The molecule has 2 rings (SSSR count). The van der Waals surface area contributed by atoms with Crippen LogP contribution in [0.25, 0.3) is 0 Å². The number of thiophene rings is 1. The van der Waals surface area contributed by atoms with E-state index in [0.29, 0.717) is 0 Å². The number of aryl methyl sites for hydroxylation is 2. The Kier molecular flexibility index (Phi) is 2.79. The first-order valence-corrected chi connectivity index (χ1v) is 6.15. The van der Waals surface area contributed by atoms with Gasteiger partial charge < -0.3 is 4.42 Å². The standard InChI is InChI=1S/C11H11BrOS/c1-7-5-9(6-13-7)11(12)10-4-3-8(2)14-10/h3-6,11H,1-2H3. The molecule has 0 bridgehead atoms. The smallest absolute Gasteiger partial charge is 0.101 e. The van der Waals surface area contributed by atoms with Gasteiger partial charge in [0, 0.05) is 15.3 Å². The van der Waals surface area contributed by atoms with Crippen molar-refractivity contribution in [3.05, 3.63) is 45.5 Å². The minimum atomic E-state index is 0.263. The molecule has 1 unspecified atom stereocenters. The monoisotopic (exact) mass is 270 g/mol. The summed E-state index contributed by atoms with van der Waals surface area (Å²) in [6.07, 6.45) is 1.81. The molecule has 0 aromatic carbocycles. The third-order valence-electron chi connectivity index (χ3n) is 2.05. The van der Waals surface area contributed by atoms with Crippen molar-refractivity contribution in [3.8, 4) is 0 Å². The van der Waals surface area contributed by atoms with Gasteiger partial charge in [-0.1, -0.05) is 15.9 Å². The van der Waals surface area contributed by atoms with Crippen LogP contribution < -0.4 is 0 Å². The second-order valence-corrected chi connectivity index (χ2v) is 5.54. The Morgan fingerprint density at radius 2 is 2.14 bits per heavy atom. The van der Waals surface area contributed by atoms with Crippen LogP contribution in [-0.4, -0.2) is 0 Å². The zero-order chi connectivity index (χ0) is 10.1. The highest BCUT2D eigenvalue weighted by Gasteiger charge is 2.13. The number of hydrogen-bond donors (Lipinski definition) is 0. The Labute approximate surface area is 95.9 Å². The lowest BCUT2D eigenvalue weighted by Gasteiger charge is -2.02. The van der Waals surface area contributed by atoms with Crippen molar-refractivity contribution >= 4 is 27.3 Å². The average molecular weight is 271 g/mol. The lowest BCUT2D eigenvalue weighted by atomic mass is 10.2. The number of rotatable bonds is 2. The van der Waals surface area contributed by atoms with E-state index in [1.54, 1.807) is 0 Å². The van der Waals surface area contributed by atoms with Gasteiger partial charge in [0.1, 0.15) is 5.76 Å². The summed E-state index contributed by atoms with van der Waals surface area (Å²) >= 11 is 5.48. The summed E-state index contributed by atoms with van der Waals surface area (Å²) in [6, 6.07) is 6.36. The van der Waals surface area contributed by atoms with Gasteiger partial charge in [0.15, 0.2) is 0 Å². The molecule has 0 aliphatic rings. The molecule has 0 aliphatic heterocycles. The molecule has 3 heteroatoms. The predicted octanol–water partition coefficient (Wildman–Crippen LogP) is 4.44. The highest BCUT2D eigenvalue weighted by atomic mass is 79.9. The molecule has 2 aromatic rings. The SMILES string of the molecule is Cc1cc(C(Br)c2ccc(C)s2)co1. The van der Waals surface area contributed by atoms with Crippen molar-refractivity contribution in [1.29, 1.82) is 0 Å². The highest BCUT2D eigenvalue weighted by Crippen LogP contribution is 2.35. The summed E-state index contributed by atoms with van der Waals surface area (Å²) in [5.41, 5.74) is 1.18. The average Bonchev–Trinajstić information content (AvgIpc) is 2.73. The van der Waals surface area contributed by atoms with Gasteiger partial charge in [0.05, 0.1) is 11.1 Å². The van der Waals surface area contributed by atoms with Crippen LogP contribution in [0.15, 0.2) is 28.9 Å². The van der Waals surface area contributed by atoms with Crippen LogP contribution in [0.1, 0.15) is 25.9 Å². The van der Waals surface area contributed by atoms with Crippen molar-refractivity contribution in [1.82, 2.24) is 0 Å². The third kappa shape index (κ3) is 1.93. The van der Waals surface area contributed by atoms with Gasteiger partial charge in [-0.3, -0.25) is 0 Å². The van der Waals surface area contributed by atoms with Crippen LogP contribution >= 0.6 is 27.3 Å². The Bertz CT molecular complexity index is 390. The maximum atomic E-state index is 5.29. The molecule has 0 spiro atoms. The van der Waals surface area contributed by atoms with Crippen molar-refractivity contribution in [2.24, 2.45) is 0 Å². The Morgan fingerprint density at radius 1 is 1.36 bits per heavy atom. The molecular formula is C11H11BrOS.